The van der Waals surface area contributed by atoms with Crippen molar-refractivity contribution in [3.05, 3.63) is 35.4 Å². The van der Waals surface area contributed by atoms with Gasteiger partial charge in [0.25, 0.3) is 0 Å². The number of rotatable bonds is 12. The summed E-state index contributed by atoms with van der Waals surface area (Å²) in [5.74, 6) is -0.249. The van der Waals surface area contributed by atoms with Crippen LogP contribution in [-0.2, 0) is 20.8 Å². The molecule has 1 rings (SSSR count). The SMILES string of the molecule is CCCC(=O)OCC(O)CN(CCCOC)Cc1cccc(C)c1. The van der Waals surface area contributed by atoms with Gasteiger partial charge in [0.2, 0.25) is 0 Å². The number of hydrogen-bond acceptors (Lipinski definition) is 5. The van der Waals surface area contributed by atoms with Crippen LogP contribution in [0.1, 0.15) is 37.3 Å². The summed E-state index contributed by atoms with van der Waals surface area (Å²) in [6.07, 6.45) is 1.36. The van der Waals surface area contributed by atoms with Crippen molar-refractivity contribution in [3.8, 4) is 0 Å². The average molecular weight is 337 g/mol. The van der Waals surface area contributed by atoms with Gasteiger partial charge >= 0.3 is 5.97 Å². The van der Waals surface area contributed by atoms with Crippen molar-refractivity contribution in [3.63, 3.8) is 0 Å². The number of hydrogen-bond donors (Lipinski definition) is 1. The maximum absolute atomic E-state index is 11.4. The molecule has 5 heteroatoms. The summed E-state index contributed by atoms with van der Waals surface area (Å²) in [7, 11) is 1.69. The fourth-order valence-corrected chi connectivity index (χ4v) is 2.55. The molecule has 1 aromatic rings. The van der Waals surface area contributed by atoms with Crippen LogP contribution in [0.5, 0.6) is 0 Å². The van der Waals surface area contributed by atoms with Crippen molar-refractivity contribution in [2.24, 2.45) is 0 Å². The van der Waals surface area contributed by atoms with E-state index >= 15 is 0 Å². The van der Waals surface area contributed by atoms with E-state index in [1.54, 1.807) is 7.11 Å². The molecule has 1 aromatic carbocycles. The van der Waals surface area contributed by atoms with Crippen molar-refractivity contribution in [2.75, 3.05) is 33.4 Å². The lowest BCUT2D eigenvalue weighted by Crippen LogP contribution is -2.36. The molecule has 1 N–H and O–H groups in total. The Hall–Kier alpha value is -1.43. The third kappa shape index (κ3) is 9.01. The highest BCUT2D eigenvalue weighted by molar-refractivity contribution is 5.69. The number of esters is 1. The lowest BCUT2D eigenvalue weighted by Gasteiger charge is -2.25. The minimum atomic E-state index is -0.682. The fourth-order valence-electron chi connectivity index (χ4n) is 2.55. The predicted octanol–water partition coefficient (Wildman–Crippen LogP) is 2.54. The first-order chi connectivity index (χ1) is 11.5. The number of methoxy groups -OCH3 is 1. The summed E-state index contributed by atoms with van der Waals surface area (Å²) in [6.45, 7) is 6.78. The first kappa shape index (κ1) is 20.6. The fraction of sp³-hybridized carbons (Fsp3) is 0.632. The molecule has 1 atom stereocenters. The summed E-state index contributed by atoms with van der Waals surface area (Å²) in [6, 6.07) is 8.35. The van der Waals surface area contributed by atoms with Crippen LogP contribution in [-0.4, -0.2) is 55.5 Å². The molecule has 0 fully saturated rings. The topological polar surface area (TPSA) is 59.0 Å². The maximum Gasteiger partial charge on any atom is 0.305 e. The van der Waals surface area contributed by atoms with Gasteiger partial charge < -0.3 is 14.6 Å². The van der Waals surface area contributed by atoms with Crippen molar-refractivity contribution < 1.29 is 19.4 Å². The van der Waals surface area contributed by atoms with E-state index in [1.165, 1.54) is 11.1 Å². The van der Waals surface area contributed by atoms with Gasteiger partial charge in [0.1, 0.15) is 12.7 Å². The number of carbonyl (C=O) groups is 1. The molecule has 0 radical (unpaired) electrons. The minimum absolute atomic E-state index is 0.0490. The van der Waals surface area contributed by atoms with Gasteiger partial charge in [-0.05, 0) is 25.3 Å². The van der Waals surface area contributed by atoms with Gasteiger partial charge in [0.15, 0.2) is 0 Å². The van der Waals surface area contributed by atoms with E-state index in [-0.39, 0.29) is 12.6 Å². The molecule has 136 valence electrons. The zero-order valence-corrected chi connectivity index (χ0v) is 15.2. The highest BCUT2D eigenvalue weighted by atomic mass is 16.5. The van der Waals surface area contributed by atoms with Crippen LogP contribution in [0.15, 0.2) is 24.3 Å². The summed E-state index contributed by atoms with van der Waals surface area (Å²) in [5, 5.41) is 10.2. The predicted molar refractivity (Wildman–Crippen MR) is 94.8 cm³/mol. The quantitative estimate of drug-likeness (QED) is 0.469. The van der Waals surface area contributed by atoms with Gasteiger partial charge in [-0.2, -0.15) is 0 Å². The van der Waals surface area contributed by atoms with E-state index in [1.807, 2.05) is 13.0 Å². The zero-order valence-electron chi connectivity index (χ0n) is 15.2. The number of aliphatic hydroxyl groups is 1. The van der Waals surface area contributed by atoms with E-state index < -0.39 is 6.10 Å². The second-order valence-electron chi connectivity index (χ2n) is 6.16. The number of aliphatic hydroxyl groups excluding tert-OH is 1. The number of ether oxygens (including phenoxy) is 2. The Morgan fingerprint density at radius 1 is 1.38 bits per heavy atom. The van der Waals surface area contributed by atoms with Crippen LogP contribution in [0.25, 0.3) is 0 Å². The second kappa shape index (κ2) is 12.0. The third-order valence-electron chi connectivity index (χ3n) is 3.67. The Kier molecular flexibility index (Phi) is 10.3. The van der Waals surface area contributed by atoms with Crippen LogP contribution in [0, 0.1) is 6.92 Å². The Morgan fingerprint density at radius 3 is 2.83 bits per heavy atom. The highest BCUT2D eigenvalue weighted by Gasteiger charge is 2.14. The van der Waals surface area contributed by atoms with Crippen LogP contribution >= 0.6 is 0 Å². The normalized spacial score (nSPS) is 12.4. The Labute approximate surface area is 145 Å². The van der Waals surface area contributed by atoms with Gasteiger partial charge in [-0.25, -0.2) is 0 Å². The molecule has 0 aliphatic heterocycles. The Morgan fingerprint density at radius 2 is 2.17 bits per heavy atom. The molecule has 0 heterocycles. The lowest BCUT2D eigenvalue weighted by atomic mass is 10.1. The molecule has 24 heavy (non-hydrogen) atoms. The maximum atomic E-state index is 11.4. The first-order valence-electron chi connectivity index (χ1n) is 8.65. The van der Waals surface area contributed by atoms with Crippen LogP contribution in [0.4, 0.5) is 0 Å². The van der Waals surface area contributed by atoms with E-state index in [4.69, 9.17) is 9.47 Å². The summed E-state index contributed by atoms with van der Waals surface area (Å²) >= 11 is 0. The zero-order chi connectivity index (χ0) is 17.8. The highest BCUT2D eigenvalue weighted by Crippen LogP contribution is 2.09. The number of benzene rings is 1. The largest absolute Gasteiger partial charge is 0.463 e. The summed E-state index contributed by atoms with van der Waals surface area (Å²) in [5.41, 5.74) is 2.43. The van der Waals surface area contributed by atoms with Gasteiger partial charge in [-0.1, -0.05) is 36.8 Å². The lowest BCUT2D eigenvalue weighted by molar-refractivity contribution is -0.147. The summed E-state index contributed by atoms with van der Waals surface area (Å²) in [4.78, 5) is 13.6. The Balaban J connectivity index is 2.52. The first-order valence-corrected chi connectivity index (χ1v) is 8.65. The van der Waals surface area contributed by atoms with Gasteiger partial charge in [-0.3, -0.25) is 9.69 Å². The number of carbonyl (C=O) groups excluding carboxylic acids is 1. The molecule has 0 saturated heterocycles. The van der Waals surface area contributed by atoms with Crippen molar-refractivity contribution >= 4 is 5.97 Å². The molecule has 5 nitrogen and oxygen atoms in total. The average Bonchev–Trinajstić information content (AvgIpc) is 2.53. The molecular formula is C19H31NO4. The van der Waals surface area contributed by atoms with Crippen LogP contribution in [0.3, 0.4) is 0 Å². The number of nitrogens with zero attached hydrogens (tertiary/aromatic N) is 1. The van der Waals surface area contributed by atoms with Crippen LogP contribution in [0.2, 0.25) is 0 Å². The van der Waals surface area contributed by atoms with Gasteiger partial charge in [0.05, 0.1) is 0 Å². The van der Waals surface area contributed by atoms with Crippen LogP contribution < -0.4 is 0 Å². The second-order valence-corrected chi connectivity index (χ2v) is 6.16. The van der Waals surface area contributed by atoms with Crippen molar-refractivity contribution in [2.45, 2.75) is 45.8 Å². The number of aryl methyl sites for hydroxylation is 1. The molecule has 0 bridgehead atoms. The van der Waals surface area contributed by atoms with Crippen molar-refractivity contribution in [1.82, 2.24) is 4.90 Å². The molecule has 0 amide bonds. The minimum Gasteiger partial charge on any atom is -0.463 e. The van der Waals surface area contributed by atoms with Crippen molar-refractivity contribution in [1.29, 1.82) is 0 Å². The van der Waals surface area contributed by atoms with E-state index in [0.717, 1.165) is 25.9 Å². The van der Waals surface area contributed by atoms with E-state index in [0.29, 0.717) is 19.6 Å². The molecule has 0 saturated carbocycles. The van der Waals surface area contributed by atoms with E-state index in [2.05, 4.69) is 30.0 Å². The molecular weight excluding hydrogens is 306 g/mol. The van der Waals surface area contributed by atoms with E-state index in [9.17, 15) is 9.90 Å². The molecule has 0 aliphatic rings. The smallest absolute Gasteiger partial charge is 0.305 e. The molecule has 0 spiro atoms. The van der Waals surface area contributed by atoms with Gasteiger partial charge in [-0.15, -0.1) is 0 Å². The summed E-state index contributed by atoms with van der Waals surface area (Å²) < 4.78 is 10.2. The third-order valence-corrected chi connectivity index (χ3v) is 3.67. The van der Waals surface area contributed by atoms with Gasteiger partial charge in [0, 0.05) is 39.8 Å². The standard InChI is InChI=1S/C19H31NO4/c1-4-7-19(22)24-15-18(21)14-20(10-6-11-23-3)13-17-9-5-8-16(2)12-17/h5,8-9,12,18,21H,4,6-7,10-11,13-15H2,1-3H3. The Bertz CT molecular complexity index is 478. The molecule has 0 aliphatic carbocycles. The molecule has 0 aromatic heterocycles. The molecule has 1 unspecified atom stereocenters. The monoisotopic (exact) mass is 337 g/mol.